The Bertz CT molecular complexity index is 747. The van der Waals surface area contributed by atoms with Gasteiger partial charge in [0.1, 0.15) is 5.75 Å². The molecule has 2 aromatic carbocycles. The first-order valence-electron chi connectivity index (χ1n) is 6.78. The highest BCUT2D eigenvalue weighted by Crippen LogP contribution is 2.25. The molecule has 0 heterocycles. The summed E-state index contributed by atoms with van der Waals surface area (Å²) >= 11 is 3.34. The second-order valence-electron chi connectivity index (χ2n) is 4.97. The summed E-state index contributed by atoms with van der Waals surface area (Å²) in [5.41, 5.74) is 1.54. The van der Waals surface area contributed by atoms with Crippen LogP contribution in [0.4, 0.5) is 0 Å². The number of hydrogen-bond acceptors (Lipinski definition) is 3. The van der Waals surface area contributed by atoms with Gasteiger partial charge in [-0.05, 0) is 30.7 Å². The van der Waals surface area contributed by atoms with E-state index >= 15 is 0 Å². The lowest BCUT2D eigenvalue weighted by Crippen LogP contribution is -2.28. The first kappa shape index (κ1) is 17.0. The molecule has 0 amide bonds. The van der Waals surface area contributed by atoms with Crippen LogP contribution in [0, 0.1) is 0 Å². The molecule has 0 aliphatic rings. The molecule has 0 fully saturated rings. The molecule has 22 heavy (non-hydrogen) atoms. The quantitative estimate of drug-likeness (QED) is 0.828. The second kappa shape index (κ2) is 7.26. The second-order valence-corrected chi connectivity index (χ2v) is 7.64. The Hall–Kier alpha value is -1.37. The molecule has 0 saturated carbocycles. The molecule has 1 unspecified atom stereocenters. The highest BCUT2D eigenvalue weighted by atomic mass is 79.9. The van der Waals surface area contributed by atoms with Gasteiger partial charge < -0.3 is 4.74 Å². The van der Waals surface area contributed by atoms with Crippen molar-refractivity contribution in [2.24, 2.45) is 0 Å². The van der Waals surface area contributed by atoms with Crippen LogP contribution in [0.15, 0.2) is 53.0 Å². The van der Waals surface area contributed by atoms with Gasteiger partial charge in [0.15, 0.2) is 0 Å². The molecule has 1 atom stereocenters. The number of rotatable bonds is 6. The van der Waals surface area contributed by atoms with Gasteiger partial charge in [-0.2, -0.15) is 0 Å². The van der Waals surface area contributed by atoms with Crippen LogP contribution in [-0.2, 0) is 15.8 Å². The number of sulfonamides is 1. The molecule has 0 aromatic heterocycles. The fourth-order valence-electron chi connectivity index (χ4n) is 2.24. The van der Waals surface area contributed by atoms with Crippen LogP contribution in [0.2, 0.25) is 0 Å². The summed E-state index contributed by atoms with van der Waals surface area (Å²) in [6.07, 6.45) is 0. The van der Waals surface area contributed by atoms with Crippen LogP contribution in [-0.4, -0.2) is 15.5 Å². The van der Waals surface area contributed by atoms with Gasteiger partial charge in [-0.15, -0.1) is 0 Å². The Kier molecular flexibility index (Phi) is 5.61. The maximum Gasteiger partial charge on any atom is 0.216 e. The van der Waals surface area contributed by atoms with E-state index < -0.39 is 10.0 Å². The first-order valence-corrected chi connectivity index (χ1v) is 9.23. The summed E-state index contributed by atoms with van der Waals surface area (Å²) in [7, 11) is -1.88. The summed E-state index contributed by atoms with van der Waals surface area (Å²) in [4.78, 5) is 0. The Morgan fingerprint density at radius 2 is 1.91 bits per heavy atom. The van der Waals surface area contributed by atoms with Gasteiger partial charge in [-0.3, -0.25) is 0 Å². The van der Waals surface area contributed by atoms with Crippen molar-refractivity contribution in [3.63, 3.8) is 0 Å². The van der Waals surface area contributed by atoms with Crippen LogP contribution < -0.4 is 9.46 Å². The minimum absolute atomic E-state index is 0.0636. The zero-order valence-corrected chi connectivity index (χ0v) is 14.8. The fraction of sp³-hybridized carbons (Fsp3) is 0.250. The lowest BCUT2D eigenvalue weighted by Gasteiger charge is -2.17. The van der Waals surface area contributed by atoms with Gasteiger partial charge in [0.05, 0.1) is 12.9 Å². The van der Waals surface area contributed by atoms with E-state index in [9.17, 15) is 8.42 Å². The van der Waals surface area contributed by atoms with Crippen LogP contribution in [0.1, 0.15) is 24.1 Å². The number of nitrogens with one attached hydrogen (secondary N) is 1. The third kappa shape index (κ3) is 4.56. The molecule has 0 spiro atoms. The number of halogens is 1. The van der Waals surface area contributed by atoms with Crippen molar-refractivity contribution in [2.45, 2.75) is 18.7 Å². The minimum Gasteiger partial charge on any atom is -0.496 e. The number of ether oxygens (including phenoxy) is 1. The number of benzene rings is 2. The minimum atomic E-state index is -3.45. The number of para-hydroxylation sites is 1. The molecular weight excluding hydrogens is 366 g/mol. The van der Waals surface area contributed by atoms with E-state index in [2.05, 4.69) is 20.7 Å². The normalized spacial score (nSPS) is 12.9. The van der Waals surface area contributed by atoms with E-state index in [-0.39, 0.29) is 11.8 Å². The van der Waals surface area contributed by atoms with Crippen molar-refractivity contribution in [3.05, 3.63) is 64.1 Å². The molecule has 2 aromatic rings. The zero-order chi connectivity index (χ0) is 16.2. The monoisotopic (exact) mass is 383 g/mol. The summed E-state index contributed by atoms with van der Waals surface area (Å²) < 4.78 is 33.5. The topological polar surface area (TPSA) is 55.4 Å². The molecule has 0 saturated heterocycles. The summed E-state index contributed by atoms with van der Waals surface area (Å²) in [5.74, 6) is 0.603. The Morgan fingerprint density at radius 3 is 2.59 bits per heavy atom. The van der Waals surface area contributed by atoms with E-state index in [1.807, 2.05) is 36.4 Å². The standard InChI is InChI=1S/C16H18BrNO3S/c1-12(15-8-3-4-9-16(15)21-2)18-22(19,20)11-13-6-5-7-14(17)10-13/h3-10,12,18H,11H2,1-2H3. The van der Waals surface area contributed by atoms with E-state index in [0.29, 0.717) is 5.75 Å². The van der Waals surface area contributed by atoms with Crippen LogP contribution >= 0.6 is 15.9 Å². The highest BCUT2D eigenvalue weighted by Gasteiger charge is 2.19. The van der Waals surface area contributed by atoms with Crippen molar-refractivity contribution < 1.29 is 13.2 Å². The summed E-state index contributed by atoms with van der Waals surface area (Å²) in [6, 6.07) is 14.3. The van der Waals surface area contributed by atoms with Gasteiger partial charge >= 0.3 is 0 Å². The average Bonchev–Trinajstić information content (AvgIpc) is 2.46. The fourth-order valence-corrected chi connectivity index (χ4v) is 4.06. The first-order chi connectivity index (χ1) is 10.4. The molecule has 1 N–H and O–H groups in total. The van der Waals surface area contributed by atoms with Gasteiger partial charge in [0.2, 0.25) is 10.0 Å². The number of methoxy groups -OCH3 is 1. The lowest BCUT2D eigenvalue weighted by atomic mass is 10.1. The van der Waals surface area contributed by atoms with Gasteiger partial charge in [0.25, 0.3) is 0 Å². The lowest BCUT2D eigenvalue weighted by molar-refractivity contribution is 0.405. The molecule has 0 bridgehead atoms. The molecular formula is C16H18BrNO3S. The van der Waals surface area contributed by atoms with E-state index in [0.717, 1.165) is 15.6 Å². The van der Waals surface area contributed by atoms with Gasteiger partial charge in [0, 0.05) is 16.1 Å². The third-order valence-electron chi connectivity index (χ3n) is 3.21. The largest absolute Gasteiger partial charge is 0.496 e. The predicted molar refractivity (Wildman–Crippen MR) is 91.3 cm³/mol. The SMILES string of the molecule is COc1ccccc1C(C)NS(=O)(=O)Cc1cccc(Br)c1. The van der Waals surface area contributed by atoms with E-state index in [4.69, 9.17) is 4.74 Å². The maximum atomic E-state index is 12.3. The highest BCUT2D eigenvalue weighted by molar-refractivity contribution is 9.10. The van der Waals surface area contributed by atoms with Crippen molar-refractivity contribution in [1.29, 1.82) is 0 Å². The zero-order valence-electron chi connectivity index (χ0n) is 12.4. The van der Waals surface area contributed by atoms with Crippen LogP contribution in [0.25, 0.3) is 0 Å². The Morgan fingerprint density at radius 1 is 1.18 bits per heavy atom. The van der Waals surface area contributed by atoms with Crippen molar-refractivity contribution >= 4 is 26.0 Å². The molecule has 0 radical (unpaired) electrons. The number of hydrogen-bond donors (Lipinski definition) is 1. The molecule has 4 nitrogen and oxygen atoms in total. The van der Waals surface area contributed by atoms with Crippen molar-refractivity contribution in [1.82, 2.24) is 4.72 Å². The Balaban J connectivity index is 2.14. The molecule has 0 aliphatic carbocycles. The molecule has 0 aliphatic heterocycles. The van der Waals surface area contributed by atoms with Gasteiger partial charge in [-0.1, -0.05) is 46.3 Å². The summed E-state index contributed by atoms with van der Waals surface area (Å²) in [6.45, 7) is 1.80. The Labute approximate surface area is 139 Å². The average molecular weight is 384 g/mol. The molecule has 118 valence electrons. The van der Waals surface area contributed by atoms with Gasteiger partial charge in [-0.25, -0.2) is 13.1 Å². The van der Waals surface area contributed by atoms with Crippen molar-refractivity contribution in [3.8, 4) is 5.75 Å². The maximum absolute atomic E-state index is 12.3. The molecule has 2 rings (SSSR count). The van der Waals surface area contributed by atoms with Crippen LogP contribution in [0.3, 0.4) is 0 Å². The van der Waals surface area contributed by atoms with Crippen LogP contribution in [0.5, 0.6) is 5.75 Å². The third-order valence-corrected chi connectivity index (χ3v) is 5.13. The predicted octanol–water partition coefficient (Wildman–Crippen LogP) is 3.64. The van der Waals surface area contributed by atoms with E-state index in [1.165, 1.54) is 0 Å². The van der Waals surface area contributed by atoms with Crippen molar-refractivity contribution in [2.75, 3.05) is 7.11 Å². The summed E-state index contributed by atoms with van der Waals surface area (Å²) in [5, 5.41) is 0. The smallest absolute Gasteiger partial charge is 0.216 e. The molecule has 6 heteroatoms. The van der Waals surface area contributed by atoms with E-state index in [1.54, 1.807) is 26.2 Å².